The third-order valence-corrected chi connectivity index (χ3v) is 4.29. The molecule has 1 aliphatic carbocycles. The van der Waals surface area contributed by atoms with Crippen molar-refractivity contribution in [3.63, 3.8) is 0 Å². The van der Waals surface area contributed by atoms with E-state index in [-0.39, 0.29) is 5.91 Å². The lowest BCUT2D eigenvalue weighted by Crippen LogP contribution is -2.38. The standard InChI is InChI=1S/C16H23N3O/c17-9-7-12-3-1-2-4-15(12)16(20)18-13-8-10-19(11-13)14-5-6-14/h1-4,13-14H,5-11,17H2,(H,18,20). The van der Waals surface area contributed by atoms with Crippen LogP contribution in [0.3, 0.4) is 0 Å². The second-order valence-corrected chi connectivity index (χ2v) is 5.88. The highest BCUT2D eigenvalue weighted by Crippen LogP contribution is 2.29. The van der Waals surface area contributed by atoms with Gasteiger partial charge in [-0.1, -0.05) is 18.2 Å². The summed E-state index contributed by atoms with van der Waals surface area (Å²) in [5.74, 6) is 0.0525. The molecule has 4 heteroatoms. The number of carbonyl (C=O) groups excluding carboxylic acids is 1. The molecule has 1 aromatic rings. The number of nitrogens with zero attached hydrogens (tertiary/aromatic N) is 1. The zero-order valence-electron chi connectivity index (χ0n) is 11.8. The summed E-state index contributed by atoms with van der Waals surface area (Å²) >= 11 is 0. The molecule has 108 valence electrons. The number of nitrogens with one attached hydrogen (secondary N) is 1. The molecule has 1 aliphatic heterocycles. The zero-order chi connectivity index (χ0) is 13.9. The first kappa shape index (κ1) is 13.6. The van der Waals surface area contributed by atoms with E-state index in [4.69, 9.17) is 5.73 Å². The Labute approximate surface area is 120 Å². The van der Waals surface area contributed by atoms with Crippen LogP contribution in [0.2, 0.25) is 0 Å². The first-order valence-electron chi connectivity index (χ1n) is 7.61. The van der Waals surface area contributed by atoms with Gasteiger partial charge < -0.3 is 11.1 Å². The Hall–Kier alpha value is -1.39. The summed E-state index contributed by atoms with van der Waals surface area (Å²) in [5, 5.41) is 3.19. The van der Waals surface area contributed by atoms with Crippen LogP contribution < -0.4 is 11.1 Å². The maximum absolute atomic E-state index is 12.4. The van der Waals surface area contributed by atoms with Crippen LogP contribution in [0.5, 0.6) is 0 Å². The van der Waals surface area contributed by atoms with E-state index in [0.29, 0.717) is 12.6 Å². The molecule has 3 rings (SSSR count). The van der Waals surface area contributed by atoms with Crippen molar-refractivity contribution in [1.29, 1.82) is 0 Å². The molecule has 1 saturated carbocycles. The molecule has 3 N–H and O–H groups in total. The van der Waals surface area contributed by atoms with Crippen molar-refractivity contribution in [2.45, 2.75) is 37.8 Å². The third kappa shape index (κ3) is 3.02. The van der Waals surface area contributed by atoms with Gasteiger partial charge in [0.15, 0.2) is 0 Å². The topological polar surface area (TPSA) is 58.4 Å². The van der Waals surface area contributed by atoms with Gasteiger partial charge in [-0.25, -0.2) is 0 Å². The van der Waals surface area contributed by atoms with Crippen molar-refractivity contribution in [3.8, 4) is 0 Å². The van der Waals surface area contributed by atoms with Crippen molar-refractivity contribution < 1.29 is 4.79 Å². The predicted molar refractivity (Wildman–Crippen MR) is 79.7 cm³/mol. The number of likely N-dealkylation sites (tertiary alicyclic amines) is 1. The fourth-order valence-electron chi connectivity index (χ4n) is 3.05. The Bertz CT molecular complexity index is 484. The first-order chi connectivity index (χ1) is 9.78. The third-order valence-electron chi connectivity index (χ3n) is 4.29. The van der Waals surface area contributed by atoms with Gasteiger partial charge in [0.05, 0.1) is 0 Å². The number of rotatable bonds is 5. The van der Waals surface area contributed by atoms with Gasteiger partial charge in [-0.3, -0.25) is 9.69 Å². The largest absolute Gasteiger partial charge is 0.348 e. The first-order valence-corrected chi connectivity index (χ1v) is 7.61. The zero-order valence-corrected chi connectivity index (χ0v) is 11.8. The minimum absolute atomic E-state index is 0.0525. The summed E-state index contributed by atoms with van der Waals surface area (Å²) in [6.45, 7) is 2.71. The molecule has 4 nitrogen and oxygen atoms in total. The van der Waals surface area contributed by atoms with E-state index in [1.54, 1.807) is 0 Å². The summed E-state index contributed by atoms with van der Waals surface area (Å²) in [7, 11) is 0. The van der Waals surface area contributed by atoms with Gasteiger partial charge in [0.25, 0.3) is 5.91 Å². The van der Waals surface area contributed by atoms with Gasteiger partial charge in [-0.2, -0.15) is 0 Å². The number of benzene rings is 1. The van der Waals surface area contributed by atoms with Crippen LogP contribution in [0.15, 0.2) is 24.3 Å². The van der Waals surface area contributed by atoms with E-state index in [2.05, 4.69) is 10.2 Å². The number of hydrogen-bond donors (Lipinski definition) is 2. The van der Waals surface area contributed by atoms with Crippen molar-refractivity contribution in [2.75, 3.05) is 19.6 Å². The molecule has 1 unspecified atom stereocenters. The summed E-state index contributed by atoms with van der Waals surface area (Å²) in [5.41, 5.74) is 7.44. The van der Waals surface area contributed by atoms with E-state index >= 15 is 0 Å². The molecule has 0 radical (unpaired) electrons. The molecule has 0 aromatic heterocycles. The van der Waals surface area contributed by atoms with Gasteiger partial charge in [0, 0.05) is 30.7 Å². The summed E-state index contributed by atoms with van der Waals surface area (Å²) < 4.78 is 0. The van der Waals surface area contributed by atoms with Gasteiger partial charge in [0.2, 0.25) is 0 Å². The second-order valence-electron chi connectivity index (χ2n) is 5.88. The maximum Gasteiger partial charge on any atom is 0.251 e. The van der Waals surface area contributed by atoms with Crippen LogP contribution in [0.1, 0.15) is 35.2 Å². The highest BCUT2D eigenvalue weighted by molar-refractivity contribution is 5.95. The fraction of sp³-hybridized carbons (Fsp3) is 0.562. The second kappa shape index (κ2) is 5.94. The van der Waals surface area contributed by atoms with E-state index in [9.17, 15) is 4.79 Å². The highest BCUT2D eigenvalue weighted by Gasteiger charge is 2.34. The summed E-state index contributed by atoms with van der Waals surface area (Å²) in [6, 6.07) is 8.86. The molecular formula is C16H23N3O. The molecule has 0 bridgehead atoms. The van der Waals surface area contributed by atoms with Gasteiger partial charge in [0.1, 0.15) is 0 Å². The SMILES string of the molecule is NCCc1ccccc1C(=O)NC1CCN(C2CC2)C1. The highest BCUT2D eigenvalue weighted by atomic mass is 16.1. The Balaban J connectivity index is 1.61. The molecule has 1 atom stereocenters. The molecule has 1 aromatic carbocycles. The quantitative estimate of drug-likeness (QED) is 0.846. The Morgan fingerprint density at radius 1 is 1.30 bits per heavy atom. The number of nitrogens with two attached hydrogens (primary N) is 1. The summed E-state index contributed by atoms with van der Waals surface area (Å²) in [6.07, 6.45) is 4.49. The van der Waals surface area contributed by atoms with Crippen molar-refractivity contribution in [3.05, 3.63) is 35.4 Å². The van der Waals surface area contributed by atoms with E-state index in [1.165, 1.54) is 12.8 Å². The van der Waals surface area contributed by atoms with Crippen LogP contribution in [-0.4, -0.2) is 42.5 Å². The molecule has 1 heterocycles. The van der Waals surface area contributed by atoms with Gasteiger partial charge in [-0.15, -0.1) is 0 Å². The minimum Gasteiger partial charge on any atom is -0.348 e. The normalized spacial score (nSPS) is 22.9. The van der Waals surface area contributed by atoms with Crippen molar-refractivity contribution in [2.24, 2.45) is 5.73 Å². The van der Waals surface area contributed by atoms with E-state index in [0.717, 1.165) is 43.1 Å². The number of carbonyl (C=O) groups is 1. The van der Waals surface area contributed by atoms with Crippen LogP contribution in [0, 0.1) is 0 Å². The lowest BCUT2D eigenvalue weighted by molar-refractivity contribution is 0.0936. The van der Waals surface area contributed by atoms with Crippen LogP contribution in [-0.2, 0) is 6.42 Å². The molecule has 0 spiro atoms. The Morgan fingerprint density at radius 2 is 2.10 bits per heavy atom. The van der Waals surface area contributed by atoms with Gasteiger partial charge >= 0.3 is 0 Å². The predicted octanol–water partition coefficient (Wildman–Crippen LogP) is 1.15. The lowest BCUT2D eigenvalue weighted by atomic mass is 10.0. The monoisotopic (exact) mass is 273 g/mol. The Kier molecular flexibility index (Phi) is 4.03. The fourth-order valence-corrected chi connectivity index (χ4v) is 3.05. The van der Waals surface area contributed by atoms with Crippen molar-refractivity contribution >= 4 is 5.91 Å². The summed E-state index contributed by atoms with van der Waals surface area (Å²) in [4.78, 5) is 14.9. The molecule has 1 saturated heterocycles. The maximum atomic E-state index is 12.4. The molecule has 1 amide bonds. The van der Waals surface area contributed by atoms with Crippen LogP contribution >= 0.6 is 0 Å². The molecule has 20 heavy (non-hydrogen) atoms. The number of amides is 1. The van der Waals surface area contributed by atoms with Gasteiger partial charge in [-0.05, 0) is 43.9 Å². The van der Waals surface area contributed by atoms with Crippen molar-refractivity contribution in [1.82, 2.24) is 10.2 Å². The minimum atomic E-state index is 0.0525. The van der Waals surface area contributed by atoms with E-state index < -0.39 is 0 Å². The molecular weight excluding hydrogens is 250 g/mol. The van der Waals surface area contributed by atoms with E-state index in [1.807, 2.05) is 24.3 Å². The van der Waals surface area contributed by atoms with Crippen LogP contribution in [0.25, 0.3) is 0 Å². The molecule has 2 aliphatic rings. The molecule has 2 fully saturated rings. The smallest absolute Gasteiger partial charge is 0.251 e. The Morgan fingerprint density at radius 3 is 2.85 bits per heavy atom. The average Bonchev–Trinajstić information content (AvgIpc) is 3.20. The average molecular weight is 273 g/mol. The lowest BCUT2D eigenvalue weighted by Gasteiger charge is -2.16. The van der Waals surface area contributed by atoms with Crippen LogP contribution in [0.4, 0.5) is 0 Å². The number of hydrogen-bond acceptors (Lipinski definition) is 3.